The Bertz CT molecular complexity index is 314. The van der Waals surface area contributed by atoms with Crippen molar-refractivity contribution in [2.24, 2.45) is 23.7 Å². The second-order valence-corrected chi connectivity index (χ2v) is 6.49. The summed E-state index contributed by atoms with van der Waals surface area (Å²) in [7, 11) is 1.91. The number of rotatable bonds is 1. The van der Waals surface area contributed by atoms with Crippen molar-refractivity contribution in [3.8, 4) is 0 Å². The third kappa shape index (κ3) is 2.71. The van der Waals surface area contributed by atoms with Crippen LogP contribution >= 0.6 is 0 Å². The lowest BCUT2D eigenvalue weighted by atomic mass is 9.56. The lowest BCUT2D eigenvalue weighted by Gasteiger charge is -2.49. The van der Waals surface area contributed by atoms with E-state index in [2.05, 4.69) is 5.32 Å². The van der Waals surface area contributed by atoms with Crippen LogP contribution in [-0.2, 0) is 0 Å². The van der Waals surface area contributed by atoms with Gasteiger partial charge < -0.3 is 5.32 Å². The van der Waals surface area contributed by atoms with Crippen molar-refractivity contribution in [2.45, 2.75) is 38.5 Å². The molecule has 0 aliphatic heterocycles. The van der Waals surface area contributed by atoms with Crippen LogP contribution in [0.25, 0.3) is 0 Å². The highest BCUT2D eigenvalue weighted by Gasteiger charge is 2.41. The Morgan fingerprint density at radius 1 is 0.722 bits per heavy atom. The molecule has 0 atom stereocenters. The Labute approximate surface area is 111 Å². The Morgan fingerprint density at radius 3 is 1.39 bits per heavy atom. The molecule has 1 N–H and O–H groups in total. The first kappa shape index (κ1) is 12.1. The molecule has 0 amide bonds. The average Bonchev–Trinajstić information content (AvgIpc) is 2.39. The summed E-state index contributed by atoms with van der Waals surface area (Å²) in [4.78, 5) is 0. The molecule has 5 rings (SSSR count). The second kappa shape index (κ2) is 5.34. The van der Waals surface area contributed by atoms with E-state index in [1.54, 1.807) is 38.5 Å². The fraction of sp³-hybridized carbons (Fsp3) is 0.647. The quantitative estimate of drug-likeness (QED) is 0.762. The molecule has 1 heteroatoms. The molecule has 98 valence electrons. The zero-order valence-corrected chi connectivity index (χ0v) is 11.4. The van der Waals surface area contributed by atoms with Crippen molar-refractivity contribution in [3.05, 3.63) is 30.3 Å². The van der Waals surface area contributed by atoms with Crippen molar-refractivity contribution in [1.29, 1.82) is 0 Å². The molecule has 4 aliphatic carbocycles. The number of hydrogen-bond acceptors (Lipinski definition) is 1. The molecule has 0 aromatic heterocycles. The van der Waals surface area contributed by atoms with Crippen molar-refractivity contribution < 1.29 is 0 Å². The first-order valence-corrected chi connectivity index (χ1v) is 7.56. The molecular weight excluding hydrogens is 218 g/mol. The lowest BCUT2D eigenvalue weighted by Crippen LogP contribution is -2.38. The summed E-state index contributed by atoms with van der Waals surface area (Å²) in [5, 5.41) is 3.03. The molecule has 1 aromatic carbocycles. The second-order valence-electron chi connectivity index (χ2n) is 6.49. The van der Waals surface area contributed by atoms with Crippen LogP contribution in [0, 0.1) is 23.7 Å². The number of anilines is 1. The van der Waals surface area contributed by atoms with Crippen LogP contribution in [0.1, 0.15) is 38.5 Å². The van der Waals surface area contributed by atoms with Gasteiger partial charge in [0.05, 0.1) is 0 Å². The van der Waals surface area contributed by atoms with Gasteiger partial charge in [0, 0.05) is 12.7 Å². The third-order valence-corrected chi connectivity index (χ3v) is 5.06. The molecule has 4 bridgehead atoms. The molecule has 1 aromatic rings. The Kier molecular flexibility index (Phi) is 3.58. The van der Waals surface area contributed by atoms with Crippen molar-refractivity contribution >= 4 is 5.69 Å². The van der Waals surface area contributed by atoms with E-state index in [1.165, 1.54) is 23.7 Å². The van der Waals surface area contributed by atoms with E-state index in [9.17, 15) is 0 Å². The highest BCUT2D eigenvalue weighted by atomic mass is 14.8. The zero-order chi connectivity index (χ0) is 12.4. The predicted octanol–water partition coefficient (Wildman–Crippen LogP) is 4.56. The zero-order valence-electron chi connectivity index (χ0n) is 11.4. The van der Waals surface area contributed by atoms with Crippen LogP contribution in [0.15, 0.2) is 30.3 Å². The average molecular weight is 243 g/mol. The van der Waals surface area contributed by atoms with Gasteiger partial charge in [0.25, 0.3) is 0 Å². The molecule has 4 aliphatic rings. The maximum absolute atomic E-state index is 3.03. The van der Waals surface area contributed by atoms with Gasteiger partial charge >= 0.3 is 0 Å². The minimum atomic E-state index is 1.16. The van der Waals surface area contributed by atoms with E-state index in [1.807, 2.05) is 37.4 Å². The number of benzene rings is 1. The van der Waals surface area contributed by atoms with Gasteiger partial charge in [-0.1, -0.05) is 18.2 Å². The largest absolute Gasteiger partial charge is 0.388 e. The Balaban J connectivity index is 0.000000115. The fourth-order valence-electron chi connectivity index (χ4n) is 4.59. The summed E-state index contributed by atoms with van der Waals surface area (Å²) in [5.41, 5.74) is 1.16. The highest BCUT2D eigenvalue weighted by Crippen LogP contribution is 2.53. The van der Waals surface area contributed by atoms with E-state index in [-0.39, 0.29) is 0 Å². The third-order valence-electron chi connectivity index (χ3n) is 5.06. The summed E-state index contributed by atoms with van der Waals surface area (Å²) in [5.74, 6) is 4.71. The standard InChI is InChI=1S/C10H16.C7H9N/c1-7-2-9-4-8(1)5-10(3-7)6-9;1-8-7-5-3-2-4-6-7/h7-10H,1-6H2;2-6,8H,1H3. The molecule has 4 fully saturated rings. The van der Waals surface area contributed by atoms with Gasteiger partial charge in [-0.2, -0.15) is 0 Å². The Morgan fingerprint density at radius 2 is 1.11 bits per heavy atom. The first-order chi connectivity index (χ1) is 8.83. The minimum Gasteiger partial charge on any atom is -0.388 e. The Hall–Kier alpha value is -0.980. The van der Waals surface area contributed by atoms with Gasteiger partial charge in [-0.25, -0.2) is 0 Å². The van der Waals surface area contributed by atoms with Crippen molar-refractivity contribution in [3.63, 3.8) is 0 Å². The first-order valence-electron chi connectivity index (χ1n) is 7.56. The SMILES string of the molecule is C1C2CC3CC1CC(C2)C3.CNc1ccccc1. The fourth-order valence-corrected chi connectivity index (χ4v) is 4.59. The van der Waals surface area contributed by atoms with Crippen LogP contribution < -0.4 is 5.32 Å². The van der Waals surface area contributed by atoms with Gasteiger partial charge in [0.2, 0.25) is 0 Å². The number of nitrogens with one attached hydrogen (secondary N) is 1. The highest BCUT2D eigenvalue weighted by molar-refractivity contribution is 5.41. The normalized spacial score (nSPS) is 35.8. The van der Waals surface area contributed by atoms with E-state index < -0.39 is 0 Å². The number of hydrogen-bond donors (Lipinski definition) is 1. The van der Waals surface area contributed by atoms with E-state index >= 15 is 0 Å². The molecule has 4 saturated carbocycles. The summed E-state index contributed by atoms with van der Waals surface area (Å²) >= 11 is 0. The van der Waals surface area contributed by atoms with Crippen LogP contribution in [0.3, 0.4) is 0 Å². The molecule has 0 radical (unpaired) electrons. The van der Waals surface area contributed by atoms with Gasteiger partial charge in [-0.15, -0.1) is 0 Å². The van der Waals surface area contributed by atoms with Crippen LogP contribution in [0.4, 0.5) is 5.69 Å². The van der Waals surface area contributed by atoms with E-state index in [0.29, 0.717) is 0 Å². The molecule has 18 heavy (non-hydrogen) atoms. The van der Waals surface area contributed by atoms with Crippen LogP contribution in [0.2, 0.25) is 0 Å². The van der Waals surface area contributed by atoms with E-state index in [0.717, 1.165) is 5.69 Å². The predicted molar refractivity (Wildman–Crippen MR) is 77.7 cm³/mol. The molecule has 0 spiro atoms. The van der Waals surface area contributed by atoms with Gasteiger partial charge in [-0.05, 0) is 74.3 Å². The number of para-hydroxylation sites is 1. The van der Waals surface area contributed by atoms with Crippen LogP contribution in [0.5, 0.6) is 0 Å². The molecule has 0 heterocycles. The molecule has 0 unspecified atom stereocenters. The maximum Gasteiger partial charge on any atom is 0.0337 e. The van der Waals surface area contributed by atoms with E-state index in [4.69, 9.17) is 0 Å². The van der Waals surface area contributed by atoms with Crippen molar-refractivity contribution in [1.82, 2.24) is 0 Å². The van der Waals surface area contributed by atoms with Crippen LogP contribution in [-0.4, -0.2) is 7.05 Å². The summed E-state index contributed by atoms with van der Waals surface area (Å²) in [6.45, 7) is 0. The van der Waals surface area contributed by atoms with Gasteiger partial charge in [0.1, 0.15) is 0 Å². The lowest BCUT2D eigenvalue weighted by molar-refractivity contribution is 0.0198. The summed E-state index contributed by atoms with van der Waals surface area (Å²) in [6.07, 6.45) is 9.62. The maximum atomic E-state index is 3.03. The van der Waals surface area contributed by atoms with Gasteiger partial charge in [0.15, 0.2) is 0 Å². The summed E-state index contributed by atoms with van der Waals surface area (Å²) in [6, 6.07) is 10.1. The molecule has 0 saturated heterocycles. The smallest absolute Gasteiger partial charge is 0.0337 e. The topological polar surface area (TPSA) is 12.0 Å². The minimum absolute atomic E-state index is 1.16. The monoisotopic (exact) mass is 243 g/mol. The van der Waals surface area contributed by atoms with Gasteiger partial charge in [-0.3, -0.25) is 0 Å². The molecule has 1 nitrogen and oxygen atoms in total. The molecular formula is C17H25N. The summed E-state index contributed by atoms with van der Waals surface area (Å²) < 4.78 is 0. The van der Waals surface area contributed by atoms with Crippen molar-refractivity contribution in [2.75, 3.05) is 12.4 Å².